The molecule has 2 bridgehead atoms. The van der Waals surface area contributed by atoms with Crippen LogP contribution in [0.1, 0.15) is 26.7 Å². The van der Waals surface area contributed by atoms with Crippen LogP contribution in [0.3, 0.4) is 0 Å². The summed E-state index contributed by atoms with van der Waals surface area (Å²) in [5.41, 5.74) is 0.596. The zero-order chi connectivity index (χ0) is 9.29. The summed E-state index contributed by atoms with van der Waals surface area (Å²) in [5, 5.41) is 0. The number of rotatable bonds is 0. The molecule has 0 aromatic rings. The first-order chi connectivity index (χ1) is 6.63. The van der Waals surface area contributed by atoms with Gasteiger partial charge in [0.05, 0.1) is 23.4 Å². The van der Waals surface area contributed by atoms with E-state index >= 15 is 0 Å². The number of epoxide rings is 2. The molecule has 2 aliphatic heterocycles. The predicted molar refractivity (Wildman–Crippen MR) is 49.8 cm³/mol. The van der Waals surface area contributed by atoms with E-state index in [1.165, 1.54) is 12.8 Å². The Morgan fingerprint density at radius 1 is 1.07 bits per heavy atom. The highest BCUT2D eigenvalue weighted by Gasteiger charge is 2.81. The molecule has 8 unspecified atom stereocenters. The lowest BCUT2D eigenvalue weighted by atomic mass is 9.76. The lowest BCUT2D eigenvalue weighted by Crippen LogP contribution is -2.33. The van der Waals surface area contributed by atoms with Crippen molar-refractivity contribution < 1.29 is 9.47 Å². The van der Waals surface area contributed by atoms with Crippen LogP contribution < -0.4 is 0 Å². The summed E-state index contributed by atoms with van der Waals surface area (Å²) >= 11 is 0. The average molecular weight is 192 g/mol. The van der Waals surface area contributed by atoms with Gasteiger partial charge >= 0.3 is 0 Å². The Balaban J connectivity index is 1.62. The average Bonchev–Trinajstić information content (AvgIpc) is 2.85. The maximum absolute atomic E-state index is 5.91. The maximum atomic E-state index is 5.91. The Hall–Kier alpha value is -0.0800. The summed E-state index contributed by atoms with van der Waals surface area (Å²) in [7, 11) is 0. The first-order valence-corrected chi connectivity index (χ1v) is 5.99. The second-order valence-corrected chi connectivity index (χ2v) is 6.52. The third-order valence-corrected chi connectivity index (χ3v) is 5.98. The molecule has 2 nitrogen and oxygen atoms in total. The van der Waals surface area contributed by atoms with E-state index in [1.807, 2.05) is 0 Å². The van der Waals surface area contributed by atoms with Gasteiger partial charge in [-0.15, -0.1) is 0 Å². The highest BCUT2D eigenvalue weighted by molar-refractivity contribution is 5.29. The van der Waals surface area contributed by atoms with Gasteiger partial charge in [-0.1, -0.05) is 0 Å². The van der Waals surface area contributed by atoms with E-state index in [0.717, 1.165) is 23.7 Å². The molecule has 5 rings (SSSR count). The van der Waals surface area contributed by atoms with Gasteiger partial charge in [-0.3, -0.25) is 0 Å². The summed E-state index contributed by atoms with van der Waals surface area (Å²) in [4.78, 5) is 0. The molecular weight excluding hydrogens is 176 g/mol. The Labute approximate surface area is 84.0 Å². The van der Waals surface area contributed by atoms with Gasteiger partial charge in [0.1, 0.15) is 0 Å². The summed E-state index contributed by atoms with van der Waals surface area (Å²) in [6.45, 7) is 4.65. The standard InChI is InChI=1S/C12H16O2/c1-11-4-6-7-3-5(8(6)10(11)13-11)9-12(7,2)14-9/h5-10H,3-4H2,1-2H3. The molecule has 3 aliphatic carbocycles. The van der Waals surface area contributed by atoms with E-state index in [0.29, 0.717) is 23.4 Å². The summed E-state index contributed by atoms with van der Waals surface area (Å²) in [6, 6.07) is 0. The van der Waals surface area contributed by atoms with Gasteiger partial charge in [-0.25, -0.2) is 0 Å². The molecule has 0 spiro atoms. The second-order valence-electron chi connectivity index (χ2n) is 6.52. The van der Waals surface area contributed by atoms with Crippen LogP contribution in [0, 0.1) is 23.7 Å². The second kappa shape index (κ2) is 1.60. The number of ether oxygens (including phenoxy) is 2. The van der Waals surface area contributed by atoms with Crippen molar-refractivity contribution in [3.8, 4) is 0 Å². The fourth-order valence-corrected chi connectivity index (χ4v) is 5.35. The zero-order valence-corrected chi connectivity index (χ0v) is 8.69. The normalized spacial score (nSPS) is 81.0. The van der Waals surface area contributed by atoms with E-state index in [4.69, 9.17) is 9.47 Å². The van der Waals surface area contributed by atoms with E-state index in [2.05, 4.69) is 13.8 Å². The van der Waals surface area contributed by atoms with Gasteiger partial charge in [0.15, 0.2) is 0 Å². The minimum atomic E-state index is 0.291. The Bertz CT molecular complexity index is 354. The van der Waals surface area contributed by atoms with Crippen LogP contribution in [0.5, 0.6) is 0 Å². The third kappa shape index (κ3) is 0.508. The minimum Gasteiger partial charge on any atom is -0.366 e. The number of hydrogen-bond donors (Lipinski definition) is 0. The topological polar surface area (TPSA) is 25.1 Å². The first-order valence-electron chi connectivity index (χ1n) is 5.99. The van der Waals surface area contributed by atoms with E-state index in [-0.39, 0.29) is 0 Å². The molecule has 0 radical (unpaired) electrons. The molecule has 5 aliphatic rings. The molecular formula is C12H16O2. The van der Waals surface area contributed by atoms with Crippen molar-refractivity contribution in [2.45, 2.75) is 50.1 Å². The molecule has 2 heterocycles. The van der Waals surface area contributed by atoms with Crippen molar-refractivity contribution in [3.05, 3.63) is 0 Å². The zero-order valence-electron chi connectivity index (χ0n) is 8.69. The van der Waals surface area contributed by atoms with Crippen molar-refractivity contribution in [3.63, 3.8) is 0 Å². The SMILES string of the molecule is CC12CC3C(C4CC3C3(C)OC43)C1O2. The van der Waals surface area contributed by atoms with Crippen molar-refractivity contribution in [2.75, 3.05) is 0 Å². The van der Waals surface area contributed by atoms with Crippen molar-refractivity contribution in [1.82, 2.24) is 0 Å². The lowest BCUT2D eigenvalue weighted by Gasteiger charge is -2.27. The van der Waals surface area contributed by atoms with Gasteiger partial charge in [0.2, 0.25) is 0 Å². The van der Waals surface area contributed by atoms with Gasteiger partial charge in [0.25, 0.3) is 0 Å². The van der Waals surface area contributed by atoms with Crippen LogP contribution in [0.15, 0.2) is 0 Å². The van der Waals surface area contributed by atoms with Gasteiger partial charge in [0, 0.05) is 0 Å². The molecule has 0 amide bonds. The summed E-state index contributed by atoms with van der Waals surface area (Å²) in [6.07, 6.45) is 3.97. The fraction of sp³-hybridized carbons (Fsp3) is 1.00. The van der Waals surface area contributed by atoms with Gasteiger partial charge < -0.3 is 9.47 Å². The molecule has 0 aromatic carbocycles. The van der Waals surface area contributed by atoms with Crippen LogP contribution in [-0.2, 0) is 9.47 Å². The Kier molecular flexibility index (Phi) is 0.825. The molecule has 76 valence electrons. The van der Waals surface area contributed by atoms with E-state index in [9.17, 15) is 0 Å². The van der Waals surface area contributed by atoms with Crippen LogP contribution in [0.2, 0.25) is 0 Å². The van der Waals surface area contributed by atoms with E-state index in [1.54, 1.807) is 0 Å². The number of hydrogen-bond acceptors (Lipinski definition) is 2. The van der Waals surface area contributed by atoms with Crippen LogP contribution >= 0.6 is 0 Å². The molecule has 14 heavy (non-hydrogen) atoms. The maximum Gasteiger partial charge on any atom is 0.0954 e. The minimum absolute atomic E-state index is 0.291. The molecule has 2 saturated heterocycles. The van der Waals surface area contributed by atoms with Gasteiger partial charge in [-0.2, -0.15) is 0 Å². The summed E-state index contributed by atoms with van der Waals surface area (Å²) < 4.78 is 11.8. The van der Waals surface area contributed by atoms with Crippen molar-refractivity contribution >= 4 is 0 Å². The van der Waals surface area contributed by atoms with Gasteiger partial charge in [-0.05, 0) is 50.4 Å². The first kappa shape index (κ1) is 7.24. The van der Waals surface area contributed by atoms with Crippen molar-refractivity contribution in [1.29, 1.82) is 0 Å². The fourth-order valence-electron chi connectivity index (χ4n) is 5.35. The molecule has 0 aromatic heterocycles. The molecule has 5 fully saturated rings. The van der Waals surface area contributed by atoms with Crippen molar-refractivity contribution in [2.24, 2.45) is 23.7 Å². The molecule has 2 heteroatoms. The van der Waals surface area contributed by atoms with Crippen LogP contribution in [-0.4, -0.2) is 23.4 Å². The molecule has 0 N–H and O–H groups in total. The third-order valence-electron chi connectivity index (χ3n) is 5.98. The predicted octanol–water partition coefficient (Wildman–Crippen LogP) is 1.59. The lowest BCUT2D eigenvalue weighted by molar-refractivity contribution is 0.122. The summed E-state index contributed by atoms with van der Waals surface area (Å²) in [5.74, 6) is 3.53. The Morgan fingerprint density at radius 2 is 1.93 bits per heavy atom. The largest absolute Gasteiger partial charge is 0.366 e. The van der Waals surface area contributed by atoms with Crippen LogP contribution in [0.25, 0.3) is 0 Å². The monoisotopic (exact) mass is 192 g/mol. The highest BCUT2D eigenvalue weighted by atomic mass is 16.6. The highest BCUT2D eigenvalue weighted by Crippen LogP contribution is 2.75. The Morgan fingerprint density at radius 3 is 2.79 bits per heavy atom. The molecule has 3 saturated carbocycles. The molecule has 8 atom stereocenters. The smallest absolute Gasteiger partial charge is 0.0954 e. The van der Waals surface area contributed by atoms with E-state index < -0.39 is 0 Å². The van der Waals surface area contributed by atoms with Crippen LogP contribution in [0.4, 0.5) is 0 Å². The quantitative estimate of drug-likeness (QED) is 0.544. The number of fused-ring (bicyclic) bond motifs is 10.